The molecule has 0 saturated carbocycles. The van der Waals surface area contributed by atoms with Crippen molar-refractivity contribution < 1.29 is 8.42 Å². The topological polar surface area (TPSA) is 94.3 Å². The first kappa shape index (κ1) is 16.6. The van der Waals surface area contributed by atoms with Crippen LogP contribution in [-0.2, 0) is 24.1 Å². The lowest BCUT2D eigenvalue weighted by atomic mass is 10.1. The van der Waals surface area contributed by atoms with E-state index >= 15 is 0 Å². The molecule has 8 nitrogen and oxygen atoms in total. The van der Waals surface area contributed by atoms with Crippen LogP contribution in [0.5, 0.6) is 0 Å². The highest BCUT2D eigenvalue weighted by Crippen LogP contribution is 2.35. The number of sulfonamides is 1. The van der Waals surface area contributed by atoms with Crippen LogP contribution in [0, 0.1) is 0 Å². The largest absolute Gasteiger partial charge is 0.330 e. The van der Waals surface area contributed by atoms with Crippen molar-refractivity contribution in [1.82, 2.24) is 18.4 Å². The smallest absolute Gasteiger partial charge is 0.302 e. The molecule has 0 unspecified atom stereocenters. The highest BCUT2D eigenvalue weighted by atomic mass is 32.2. The van der Waals surface area contributed by atoms with Crippen LogP contribution in [0.2, 0.25) is 0 Å². The Morgan fingerprint density at radius 2 is 2.00 bits per heavy atom. The summed E-state index contributed by atoms with van der Waals surface area (Å²) in [5.74, 6) is 0. The summed E-state index contributed by atoms with van der Waals surface area (Å²) in [6, 6.07) is 3.22. The number of rotatable bonds is 3. The summed E-state index contributed by atoms with van der Waals surface area (Å²) in [6.45, 7) is 0.327. The number of nitrogens with zero attached hydrogens (tertiary/aromatic N) is 4. The molecule has 0 aliphatic carbocycles. The first-order valence-electron chi connectivity index (χ1n) is 7.52. The van der Waals surface area contributed by atoms with E-state index in [9.17, 15) is 18.0 Å². The molecular formula is C15H18N4O4S. The minimum absolute atomic E-state index is 0.327. The van der Waals surface area contributed by atoms with Crippen molar-refractivity contribution in [3.63, 3.8) is 0 Å². The molecule has 3 rings (SSSR count). The summed E-state index contributed by atoms with van der Waals surface area (Å²) >= 11 is 0. The van der Waals surface area contributed by atoms with E-state index in [0.717, 1.165) is 20.9 Å². The molecule has 1 fully saturated rings. The van der Waals surface area contributed by atoms with Gasteiger partial charge in [0, 0.05) is 39.2 Å². The Bertz CT molecular complexity index is 979. The van der Waals surface area contributed by atoms with E-state index in [1.54, 1.807) is 18.5 Å². The Hall–Kier alpha value is -2.26. The molecule has 2 aromatic rings. The van der Waals surface area contributed by atoms with Crippen molar-refractivity contribution >= 4 is 10.0 Å². The number of aromatic nitrogens is 3. The Morgan fingerprint density at radius 3 is 2.67 bits per heavy atom. The molecule has 1 saturated heterocycles. The molecule has 1 aliphatic rings. The van der Waals surface area contributed by atoms with Gasteiger partial charge in [0.25, 0.3) is 15.6 Å². The van der Waals surface area contributed by atoms with Gasteiger partial charge in [0.1, 0.15) is 0 Å². The van der Waals surface area contributed by atoms with Gasteiger partial charge in [0.2, 0.25) is 0 Å². The van der Waals surface area contributed by atoms with Crippen molar-refractivity contribution in [2.45, 2.75) is 23.8 Å². The Morgan fingerprint density at radius 1 is 1.25 bits per heavy atom. The second kappa shape index (κ2) is 5.99. The number of aryl methyl sites for hydroxylation is 1. The van der Waals surface area contributed by atoms with Gasteiger partial charge in [0.15, 0.2) is 4.90 Å². The summed E-state index contributed by atoms with van der Waals surface area (Å²) in [5, 5.41) is 0. The van der Waals surface area contributed by atoms with Gasteiger partial charge in [-0.3, -0.25) is 14.3 Å². The van der Waals surface area contributed by atoms with E-state index in [2.05, 4.69) is 4.98 Å². The first-order valence-corrected chi connectivity index (χ1v) is 8.96. The van der Waals surface area contributed by atoms with E-state index in [4.69, 9.17) is 0 Å². The molecular weight excluding hydrogens is 332 g/mol. The van der Waals surface area contributed by atoms with Crippen LogP contribution in [-0.4, -0.2) is 33.4 Å². The monoisotopic (exact) mass is 350 g/mol. The molecule has 0 bridgehead atoms. The van der Waals surface area contributed by atoms with Gasteiger partial charge in [-0.2, -0.15) is 4.31 Å². The molecule has 1 atom stereocenters. The van der Waals surface area contributed by atoms with Crippen molar-refractivity contribution in [3.05, 3.63) is 57.1 Å². The second-order valence-corrected chi connectivity index (χ2v) is 7.67. The molecule has 3 heterocycles. The fourth-order valence-corrected chi connectivity index (χ4v) is 4.85. The molecule has 0 aromatic carbocycles. The molecule has 128 valence electrons. The van der Waals surface area contributed by atoms with Crippen LogP contribution in [0.15, 0.2) is 45.2 Å². The first-order chi connectivity index (χ1) is 11.3. The minimum atomic E-state index is -4.02. The van der Waals surface area contributed by atoms with Gasteiger partial charge in [0.05, 0.1) is 6.04 Å². The van der Waals surface area contributed by atoms with E-state index in [1.807, 2.05) is 6.07 Å². The van der Waals surface area contributed by atoms with E-state index in [1.165, 1.54) is 18.4 Å². The average Bonchev–Trinajstić information content (AvgIpc) is 3.07. The zero-order chi connectivity index (χ0) is 17.5. The predicted octanol–water partition coefficient (Wildman–Crippen LogP) is 0.00480. The highest BCUT2D eigenvalue weighted by molar-refractivity contribution is 7.89. The lowest BCUT2D eigenvalue weighted by Crippen LogP contribution is -2.42. The predicted molar refractivity (Wildman–Crippen MR) is 87.0 cm³/mol. The van der Waals surface area contributed by atoms with Gasteiger partial charge >= 0.3 is 5.69 Å². The van der Waals surface area contributed by atoms with Crippen molar-refractivity contribution in [1.29, 1.82) is 0 Å². The van der Waals surface area contributed by atoms with Gasteiger partial charge in [-0.1, -0.05) is 6.07 Å². The standard InChI is InChI=1S/C15H18N4O4S/c1-17-10-13(14(20)18(2)15(17)21)24(22,23)19-8-4-6-12(19)11-5-3-7-16-9-11/h3,5,7,9-10,12H,4,6,8H2,1-2H3/t12-/m1/s1. The van der Waals surface area contributed by atoms with E-state index in [0.29, 0.717) is 19.4 Å². The zero-order valence-corrected chi connectivity index (χ0v) is 14.2. The summed E-state index contributed by atoms with van der Waals surface area (Å²) in [7, 11) is -1.33. The Labute approximate surface area is 139 Å². The SMILES string of the molecule is Cn1cc(S(=O)(=O)N2CCC[C@@H]2c2cccnc2)c(=O)n(C)c1=O. The number of hydrogen-bond donors (Lipinski definition) is 0. The number of pyridine rings is 1. The molecule has 0 N–H and O–H groups in total. The Balaban J connectivity index is 2.12. The van der Waals surface area contributed by atoms with Gasteiger partial charge in [-0.05, 0) is 24.5 Å². The summed E-state index contributed by atoms with van der Waals surface area (Å²) in [6.07, 6.45) is 5.72. The fourth-order valence-electron chi connectivity index (χ4n) is 3.01. The zero-order valence-electron chi connectivity index (χ0n) is 13.4. The summed E-state index contributed by atoms with van der Waals surface area (Å²) in [4.78, 5) is 27.8. The molecule has 1 aliphatic heterocycles. The number of hydrogen-bond acceptors (Lipinski definition) is 5. The Kier molecular flexibility index (Phi) is 4.14. The van der Waals surface area contributed by atoms with Crippen LogP contribution < -0.4 is 11.2 Å². The highest BCUT2D eigenvalue weighted by Gasteiger charge is 2.38. The second-order valence-electron chi connectivity index (χ2n) is 5.81. The lowest BCUT2D eigenvalue weighted by molar-refractivity contribution is 0.394. The van der Waals surface area contributed by atoms with Crippen molar-refractivity contribution in [2.24, 2.45) is 14.1 Å². The third-order valence-corrected chi connectivity index (χ3v) is 6.16. The minimum Gasteiger partial charge on any atom is -0.302 e. The van der Waals surface area contributed by atoms with E-state index < -0.39 is 21.3 Å². The molecule has 2 aromatic heterocycles. The van der Waals surface area contributed by atoms with Crippen LogP contribution >= 0.6 is 0 Å². The lowest BCUT2D eigenvalue weighted by Gasteiger charge is -2.24. The van der Waals surface area contributed by atoms with Crippen LogP contribution in [0.1, 0.15) is 24.4 Å². The normalized spacial score (nSPS) is 18.8. The van der Waals surface area contributed by atoms with Crippen LogP contribution in [0.4, 0.5) is 0 Å². The maximum atomic E-state index is 13.0. The van der Waals surface area contributed by atoms with Crippen molar-refractivity contribution in [2.75, 3.05) is 6.54 Å². The molecule has 0 amide bonds. The third kappa shape index (κ3) is 2.59. The van der Waals surface area contributed by atoms with E-state index in [-0.39, 0.29) is 10.9 Å². The quantitative estimate of drug-likeness (QED) is 0.777. The molecule has 9 heteroatoms. The molecule has 0 radical (unpaired) electrons. The third-order valence-electron chi connectivity index (χ3n) is 4.27. The summed E-state index contributed by atoms with van der Waals surface area (Å²) < 4.78 is 29.3. The van der Waals surface area contributed by atoms with Crippen LogP contribution in [0.25, 0.3) is 0 Å². The average molecular weight is 350 g/mol. The summed E-state index contributed by atoms with van der Waals surface area (Å²) in [5.41, 5.74) is -0.584. The maximum absolute atomic E-state index is 13.0. The van der Waals surface area contributed by atoms with Gasteiger partial charge in [-0.15, -0.1) is 0 Å². The van der Waals surface area contributed by atoms with Crippen LogP contribution in [0.3, 0.4) is 0 Å². The van der Waals surface area contributed by atoms with Gasteiger partial charge < -0.3 is 4.57 Å². The van der Waals surface area contributed by atoms with Gasteiger partial charge in [-0.25, -0.2) is 13.2 Å². The fraction of sp³-hybridized carbons (Fsp3) is 0.400. The molecule has 0 spiro atoms. The van der Waals surface area contributed by atoms with Crippen molar-refractivity contribution in [3.8, 4) is 0 Å². The molecule has 24 heavy (non-hydrogen) atoms. The maximum Gasteiger partial charge on any atom is 0.330 e.